The largest absolute Gasteiger partial charge is 0.352 e. The minimum Gasteiger partial charge on any atom is -0.352 e. The van der Waals surface area contributed by atoms with Crippen LogP contribution in [0.5, 0.6) is 0 Å². The van der Waals surface area contributed by atoms with E-state index in [9.17, 15) is 4.79 Å². The Balaban J connectivity index is 1.51. The maximum atomic E-state index is 12.0. The molecule has 3 rings (SSSR count). The molecule has 0 spiro atoms. The van der Waals surface area contributed by atoms with E-state index in [1.807, 2.05) is 0 Å². The Bertz CT molecular complexity index is 465. The van der Waals surface area contributed by atoms with Crippen molar-refractivity contribution < 1.29 is 9.32 Å². The molecule has 2 fully saturated rings. The molecule has 6 heteroatoms. The van der Waals surface area contributed by atoms with E-state index in [1.165, 1.54) is 12.8 Å². The van der Waals surface area contributed by atoms with E-state index < -0.39 is 0 Å². The van der Waals surface area contributed by atoms with E-state index in [0.29, 0.717) is 11.3 Å². The quantitative estimate of drug-likeness (QED) is 0.910. The Morgan fingerprint density at radius 3 is 2.95 bits per heavy atom. The van der Waals surface area contributed by atoms with Crippen LogP contribution >= 0.6 is 11.6 Å². The summed E-state index contributed by atoms with van der Waals surface area (Å²) < 4.78 is 4.85. The van der Waals surface area contributed by atoms with Gasteiger partial charge in [-0.15, -0.1) is 0 Å². The van der Waals surface area contributed by atoms with E-state index in [2.05, 4.69) is 15.4 Å². The first-order valence-electron chi connectivity index (χ1n) is 6.77. The van der Waals surface area contributed by atoms with Crippen molar-refractivity contribution in [3.63, 3.8) is 0 Å². The standard InChI is InChI=1S/C13H18ClN3O2/c1-8-11(13(14)19-16-8)6-12(18)15-9-4-5-17(7-9)10-2-3-10/h9-10H,2-7H2,1H3,(H,15,18). The van der Waals surface area contributed by atoms with E-state index >= 15 is 0 Å². The fraction of sp³-hybridized carbons (Fsp3) is 0.692. The highest BCUT2D eigenvalue weighted by atomic mass is 35.5. The van der Waals surface area contributed by atoms with Crippen molar-refractivity contribution in [2.75, 3.05) is 13.1 Å². The van der Waals surface area contributed by atoms with Gasteiger partial charge in [-0.25, -0.2) is 0 Å². The molecule has 1 aliphatic heterocycles. The highest BCUT2D eigenvalue weighted by Gasteiger charge is 2.34. The van der Waals surface area contributed by atoms with Gasteiger partial charge >= 0.3 is 0 Å². The van der Waals surface area contributed by atoms with E-state index in [4.69, 9.17) is 16.1 Å². The number of rotatable bonds is 4. The van der Waals surface area contributed by atoms with Crippen molar-refractivity contribution in [3.05, 3.63) is 16.5 Å². The lowest BCUT2D eigenvalue weighted by atomic mass is 10.1. The van der Waals surface area contributed by atoms with Crippen LogP contribution in [0.4, 0.5) is 0 Å². The molecule has 104 valence electrons. The Kier molecular flexibility index (Phi) is 3.50. The predicted octanol–water partition coefficient (Wildman–Crippen LogP) is 1.53. The van der Waals surface area contributed by atoms with Crippen LogP contribution in [0.3, 0.4) is 0 Å². The number of aromatic nitrogens is 1. The Morgan fingerprint density at radius 1 is 1.53 bits per heavy atom. The summed E-state index contributed by atoms with van der Waals surface area (Å²) in [5.74, 6) is -0.00385. The van der Waals surface area contributed by atoms with E-state index in [0.717, 1.165) is 25.6 Å². The number of hydrogen-bond donors (Lipinski definition) is 1. The van der Waals surface area contributed by atoms with Gasteiger partial charge in [0.25, 0.3) is 0 Å². The molecule has 1 saturated heterocycles. The summed E-state index contributed by atoms with van der Waals surface area (Å²) in [5.41, 5.74) is 1.38. The van der Waals surface area contributed by atoms with Crippen LogP contribution in [0.25, 0.3) is 0 Å². The van der Waals surface area contributed by atoms with Crippen molar-refractivity contribution in [2.24, 2.45) is 0 Å². The molecule has 1 aliphatic carbocycles. The topological polar surface area (TPSA) is 58.4 Å². The minimum absolute atomic E-state index is 0.00385. The summed E-state index contributed by atoms with van der Waals surface area (Å²) in [5, 5.41) is 7.05. The fourth-order valence-electron chi connectivity index (χ4n) is 2.67. The fourth-order valence-corrected chi connectivity index (χ4v) is 2.91. The molecular formula is C13H18ClN3O2. The zero-order valence-electron chi connectivity index (χ0n) is 11.0. The Morgan fingerprint density at radius 2 is 2.32 bits per heavy atom. The highest BCUT2D eigenvalue weighted by Crippen LogP contribution is 2.29. The van der Waals surface area contributed by atoms with Gasteiger partial charge in [-0.05, 0) is 37.8 Å². The summed E-state index contributed by atoms with van der Waals surface area (Å²) in [6.07, 6.45) is 3.92. The maximum absolute atomic E-state index is 12.0. The third-order valence-corrected chi connectivity index (χ3v) is 4.22. The zero-order valence-corrected chi connectivity index (χ0v) is 11.7. The zero-order chi connectivity index (χ0) is 13.4. The van der Waals surface area contributed by atoms with Gasteiger partial charge in [-0.3, -0.25) is 9.69 Å². The summed E-state index contributed by atoms with van der Waals surface area (Å²) in [7, 11) is 0. The summed E-state index contributed by atoms with van der Waals surface area (Å²) in [4.78, 5) is 14.5. The van der Waals surface area contributed by atoms with Crippen molar-refractivity contribution in [3.8, 4) is 0 Å². The molecule has 1 unspecified atom stereocenters. The molecule has 1 aromatic rings. The molecule has 1 atom stereocenters. The number of hydrogen-bond acceptors (Lipinski definition) is 4. The van der Waals surface area contributed by atoms with Crippen molar-refractivity contribution in [1.29, 1.82) is 0 Å². The molecule has 1 amide bonds. The first-order chi connectivity index (χ1) is 9.13. The second kappa shape index (κ2) is 5.13. The normalized spacial score (nSPS) is 23.8. The van der Waals surface area contributed by atoms with Crippen LogP contribution in [0.15, 0.2) is 4.52 Å². The second-order valence-electron chi connectivity index (χ2n) is 5.48. The number of nitrogens with one attached hydrogen (secondary N) is 1. The monoisotopic (exact) mass is 283 g/mol. The molecule has 1 N–H and O–H groups in total. The molecule has 0 bridgehead atoms. The third kappa shape index (κ3) is 2.92. The number of amides is 1. The number of likely N-dealkylation sites (tertiary alicyclic amines) is 1. The van der Waals surface area contributed by atoms with E-state index in [1.54, 1.807) is 6.92 Å². The van der Waals surface area contributed by atoms with Gasteiger partial charge < -0.3 is 9.84 Å². The average Bonchev–Trinajstić information content (AvgIpc) is 3.06. The molecule has 5 nitrogen and oxygen atoms in total. The molecule has 0 aromatic carbocycles. The van der Waals surface area contributed by atoms with Crippen LogP contribution in [0.1, 0.15) is 30.5 Å². The average molecular weight is 284 g/mol. The van der Waals surface area contributed by atoms with Crippen LogP contribution in [0, 0.1) is 6.92 Å². The van der Waals surface area contributed by atoms with E-state index in [-0.39, 0.29) is 23.6 Å². The van der Waals surface area contributed by atoms with Crippen molar-refractivity contribution in [2.45, 2.75) is 44.7 Å². The highest BCUT2D eigenvalue weighted by molar-refractivity contribution is 6.29. The lowest BCUT2D eigenvalue weighted by Crippen LogP contribution is -2.38. The van der Waals surface area contributed by atoms with Crippen LogP contribution < -0.4 is 5.32 Å². The molecule has 2 aliphatic rings. The van der Waals surface area contributed by atoms with Gasteiger partial charge in [-0.2, -0.15) is 0 Å². The first kappa shape index (κ1) is 12.9. The second-order valence-corrected chi connectivity index (χ2v) is 5.82. The number of carbonyl (C=O) groups excluding carboxylic acids is 1. The lowest BCUT2D eigenvalue weighted by Gasteiger charge is -2.15. The van der Waals surface area contributed by atoms with Gasteiger partial charge in [0.2, 0.25) is 11.1 Å². The van der Waals surface area contributed by atoms with Gasteiger partial charge in [-0.1, -0.05) is 5.16 Å². The van der Waals surface area contributed by atoms with Crippen molar-refractivity contribution in [1.82, 2.24) is 15.4 Å². The number of nitrogens with zero attached hydrogens (tertiary/aromatic N) is 2. The van der Waals surface area contributed by atoms with Gasteiger partial charge in [0, 0.05) is 30.7 Å². The Hall–Kier alpha value is -1.07. The summed E-state index contributed by atoms with van der Waals surface area (Å²) >= 11 is 5.86. The van der Waals surface area contributed by atoms with Gasteiger partial charge in [0.15, 0.2) is 0 Å². The molecular weight excluding hydrogens is 266 g/mol. The van der Waals surface area contributed by atoms with Gasteiger partial charge in [0.05, 0.1) is 12.1 Å². The van der Waals surface area contributed by atoms with Gasteiger partial charge in [0.1, 0.15) is 0 Å². The van der Waals surface area contributed by atoms with Crippen LogP contribution in [0.2, 0.25) is 5.22 Å². The van der Waals surface area contributed by atoms with Crippen molar-refractivity contribution >= 4 is 17.5 Å². The molecule has 2 heterocycles. The number of carbonyl (C=O) groups is 1. The molecule has 0 radical (unpaired) electrons. The van der Waals surface area contributed by atoms with Crippen LogP contribution in [-0.4, -0.2) is 41.1 Å². The molecule has 1 aromatic heterocycles. The summed E-state index contributed by atoms with van der Waals surface area (Å²) in [6, 6.07) is 1.05. The Labute approximate surface area is 117 Å². The number of halogens is 1. The third-order valence-electron chi connectivity index (χ3n) is 3.92. The molecule has 19 heavy (non-hydrogen) atoms. The maximum Gasteiger partial charge on any atom is 0.229 e. The summed E-state index contributed by atoms with van der Waals surface area (Å²) in [6.45, 7) is 3.87. The first-order valence-corrected chi connectivity index (χ1v) is 7.15. The predicted molar refractivity (Wildman–Crippen MR) is 71.1 cm³/mol. The molecule has 1 saturated carbocycles. The SMILES string of the molecule is Cc1noc(Cl)c1CC(=O)NC1CCN(C2CC2)C1. The minimum atomic E-state index is -0.00385. The number of aryl methyl sites for hydroxylation is 1. The smallest absolute Gasteiger partial charge is 0.229 e. The van der Waals surface area contributed by atoms with Crippen LogP contribution in [-0.2, 0) is 11.2 Å². The lowest BCUT2D eigenvalue weighted by molar-refractivity contribution is -0.121.